The van der Waals surface area contributed by atoms with Crippen molar-refractivity contribution in [2.75, 3.05) is 26.7 Å². The Morgan fingerprint density at radius 3 is 2.64 bits per heavy atom. The van der Waals surface area contributed by atoms with Gasteiger partial charge in [-0.2, -0.15) is 0 Å². The maximum Gasteiger partial charge on any atom is 0.191 e. The van der Waals surface area contributed by atoms with Crippen molar-refractivity contribution in [2.45, 2.75) is 39.8 Å². The lowest BCUT2D eigenvalue weighted by Crippen LogP contribution is -2.42. The second-order valence-corrected chi connectivity index (χ2v) is 5.45. The molecular formula is C17H29FN4. The fraction of sp³-hybridized carbons (Fsp3) is 0.588. The first-order chi connectivity index (χ1) is 10.6. The minimum absolute atomic E-state index is 0.210. The summed E-state index contributed by atoms with van der Waals surface area (Å²) in [7, 11) is 2.12. The van der Waals surface area contributed by atoms with Gasteiger partial charge >= 0.3 is 0 Å². The van der Waals surface area contributed by atoms with Crippen LogP contribution in [0.15, 0.2) is 29.3 Å². The van der Waals surface area contributed by atoms with Crippen LogP contribution in [0.3, 0.4) is 0 Å². The van der Waals surface area contributed by atoms with E-state index in [0.717, 1.165) is 32.0 Å². The van der Waals surface area contributed by atoms with E-state index in [0.29, 0.717) is 18.2 Å². The standard InChI is InChI=1S/C17H29FN4/c1-5-14(3)22(4)12-11-20-17(19-6-2)21-13-15-9-7-8-10-16(15)18/h7-10,14H,5-6,11-13H2,1-4H3,(H2,19,20,21). The van der Waals surface area contributed by atoms with Gasteiger partial charge in [-0.15, -0.1) is 0 Å². The molecule has 1 aromatic carbocycles. The lowest BCUT2D eigenvalue weighted by molar-refractivity contribution is 0.255. The SMILES string of the molecule is CCNC(=NCc1ccccc1F)NCCN(C)C(C)CC. The topological polar surface area (TPSA) is 39.7 Å². The minimum atomic E-state index is -0.210. The minimum Gasteiger partial charge on any atom is -0.357 e. The summed E-state index contributed by atoms with van der Waals surface area (Å²) in [6, 6.07) is 7.32. The number of nitrogens with one attached hydrogen (secondary N) is 2. The molecular weight excluding hydrogens is 279 g/mol. The van der Waals surface area contributed by atoms with Crippen LogP contribution in [0, 0.1) is 5.82 Å². The molecule has 0 aliphatic carbocycles. The molecule has 2 N–H and O–H groups in total. The van der Waals surface area contributed by atoms with E-state index in [4.69, 9.17) is 0 Å². The molecule has 124 valence electrons. The fourth-order valence-corrected chi connectivity index (χ4v) is 2.02. The van der Waals surface area contributed by atoms with E-state index in [1.54, 1.807) is 12.1 Å². The number of nitrogens with zero attached hydrogens (tertiary/aromatic N) is 2. The molecule has 1 unspecified atom stereocenters. The van der Waals surface area contributed by atoms with Crippen LogP contribution in [0.2, 0.25) is 0 Å². The van der Waals surface area contributed by atoms with E-state index in [-0.39, 0.29) is 5.82 Å². The molecule has 0 spiro atoms. The summed E-state index contributed by atoms with van der Waals surface area (Å²) in [4.78, 5) is 6.76. The van der Waals surface area contributed by atoms with Gasteiger partial charge in [-0.1, -0.05) is 25.1 Å². The highest BCUT2D eigenvalue weighted by Crippen LogP contribution is 2.07. The van der Waals surface area contributed by atoms with Crippen LogP contribution >= 0.6 is 0 Å². The van der Waals surface area contributed by atoms with E-state index in [1.807, 2.05) is 13.0 Å². The van der Waals surface area contributed by atoms with Gasteiger partial charge < -0.3 is 15.5 Å². The molecule has 0 saturated heterocycles. The molecule has 0 radical (unpaired) electrons. The Labute approximate surface area is 133 Å². The normalized spacial score (nSPS) is 13.3. The summed E-state index contributed by atoms with van der Waals surface area (Å²) in [5, 5.41) is 6.48. The third-order valence-corrected chi connectivity index (χ3v) is 3.81. The summed E-state index contributed by atoms with van der Waals surface area (Å²) in [5.41, 5.74) is 0.608. The number of hydrogen-bond donors (Lipinski definition) is 2. The number of aliphatic imine (C=N–C) groups is 1. The molecule has 22 heavy (non-hydrogen) atoms. The van der Waals surface area contributed by atoms with Crippen LogP contribution in [0.1, 0.15) is 32.8 Å². The van der Waals surface area contributed by atoms with Gasteiger partial charge in [0.2, 0.25) is 0 Å². The van der Waals surface area contributed by atoms with Gasteiger partial charge in [-0.05, 0) is 33.4 Å². The number of likely N-dealkylation sites (N-methyl/N-ethyl adjacent to an activating group) is 1. The summed E-state index contributed by atoms with van der Waals surface area (Å²) >= 11 is 0. The number of rotatable bonds is 8. The van der Waals surface area contributed by atoms with Crippen molar-refractivity contribution >= 4 is 5.96 Å². The third-order valence-electron chi connectivity index (χ3n) is 3.81. The molecule has 0 saturated carbocycles. The Bertz CT molecular complexity index is 462. The molecule has 1 rings (SSSR count). The Kier molecular flexibility index (Phi) is 8.51. The Morgan fingerprint density at radius 1 is 1.27 bits per heavy atom. The van der Waals surface area contributed by atoms with Crippen molar-refractivity contribution in [3.63, 3.8) is 0 Å². The largest absolute Gasteiger partial charge is 0.357 e. The molecule has 0 bridgehead atoms. The monoisotopic (exact) mass is 308 g/mol. The van der Waals surface area contributed by atoms with Crippen LogP contribution in [-0.4, -0.2) is 43.6 Å². The molecule has 4 nitrogen and oxygen atoms in total. The van der Waals surface area contributed by atoms with Crippen molar-refractivity contribution in [2.24, 2.45) is 4.99 Å². The second-order valence-electron chi connectivity index (χ2n) is 5.45. The summed E-state index contributed by atoms with van der Waals surface area (Å²) in [5.74, 6) is 0.516. The maximum atomic E-state index is 13.6. The van der Waals surface area contributed by atoms with Crippen LogP contribution < -0.4 is 10.6 Å². The van der Waals surface area contributed by atoms with E-state index < -0.39 is 0 Å². The van der Waals surface area contributed by atoms with Gasteiger partial charge in [0.25, 0.3) is 0 Å². The van der Waals surface area contributed by atoms with Gasteiger partial charge in [0, 0.05) is 31.2 Å². The molecule has 1 aromatic rings. The van der Waals surface area contributed by atoms with Crippen molar-refractivity contribution in [1.29, 1.82) is 0 Å². The van der Waals surface area contributed by atoms with Crippen LogP contribution in [0.25, 0.3) is 0 Å². The molecule has 0 fully saturated rings. The number of hydrogen-bond acceptors (Lipinski definition) is 2. The van der Waals surface area contributed by atoms with E-state index in [2.05, 4.69) is 41.4 Å². The zero-order valence-electron chi connectivity index (χ0n) is 14.2. The summed E-state index contributed by atoms with van der Waals surface area (Å²) in [6.45, 7) is 9.30. The fourth-order valence-electron chi connectivity index (χ4n) is 2.02. The van der Waals surface area contributed by atoms with Gasteiger partial charge in [-0.3, -0.25) is 0 Å². The highest BCUT2D eigenvalue weighted by molar-refractivity contribution is 5.79. The zero-order valence-corrected chi connectivity index (χ0v) is 14.2. The van der Waals surface area contributed by atoms with Crippen molar-refractivity contribution in [1.82, 2.24) is 15.5 Å². The molecule has 0 aliphatic heterocycles. The summed E-state index contributed by atoms with van der Waals surface area (Å²) in [6.07, 6.45) is 1.14. The van der Waals surface area contributed by atoms with Crippen LogP contribution in [0.5, 0.6) is 0 Å². The number of halogens is 1. The highest BCUT2D eigenvalue weighted by atomic mass is 19.1. The summed E-state index contributed by atoms with van der Waals surface area (Å²) < 4.78 is 13.6. The average molecular weight is 308 g/mol. The van der Waals surface area contributed by atoms with Crippen LogP contribution in [0.4, 0.5) is 4.39 Å². The Balaban J connectivity index is 2.51. The molecule has 0 aliphatic rings. The predicted molar refractivity (Wildman–Crippen MR) is 91.6 cm³/mol. The molecule has 0 heterocycles. The Hall–Kier alpha value is -1.62. The average Bonchev–Trinajstić information content (AvgIpc) is 2.52. The van der Waals surface area contributed by atoms with E-state index in [9.17, 15) is 4.39 Å². The first-order valence-electron chi connectivity index (χ1n) is 8.04. The first-order valence-corrected chi connectivity index (χ1v) is 8.04. The molecule has 1 atom stereocenters. The van der Waals surface area contributed by atoms with Gasteiger partial charge in [0.15, 0.2) is 5.96 Å². The van der Waals surface area contributed by atoms with Crippen molar-refractivity contribution in [3.8, 4) is 0 Å². The lowest BCUT2D eigenvalue weighted by Gasteiger charge is -2.24. The van der Waals surface area contributed by atoms with Gasteiger partial charge in [0.05, 0.1) is 6.54 Å². The van der Waals surface area contributed by atoms with Crippen LogP contribution in [-0.2, 0) is 6.54 Å². The van der Waals surface area contributed by atoms with E-state index >= 15 is 0 Å². The van der Waals surface area contributed by atoms with Gasteiger partial charge in [-0.25, -0.2) is 9.38 Å². The number of guanidine groups is 1. The predicted octanol–water partition coefficient (Wildman–Crippen LogP) is 2.61. The third kappa shape index (κ3) is 6.43. The number of benzene rings is 1. The second kappa shape index (κ2) is 10.2. The molecule has 5 heteroatoms. The van der Waals surface area contributed by atoms with Crippen molar-refractivity contribution < 1.29 is 4.39 Å². The maximum absolute atomic E-state index is 13.6. The highest BCUT2D eigenvalue weighted by Gasteiger charge is 2.06. The zero-order chi connectivity index (χ0) is 16.4. The molecule has 0 aromatic heterocycles. The quantitative estimate of drug-likeness (QED) is 0.573. The first kappa shape index (κ1) is 18.4. The van der Waals surface area contributed by atoms with Gasteiger partial charge in [0.1, 0.15) is 5.82 Å². The lowest BCUT2D eigenvalue weighted by atomic mass is 10.2. The van der Waals surface area contributed by atoms with E-state index in [1.165, 1.54) is 6.07 Å². The van der Waals surface area contributed by atoms with Crippen molar-refractivity contribution in [3.05, 3.63) is 35.6 Å². The molecule has 0 amide bonds. The smallest absolute Gasteiger partial charge is 0.191 e. The Morgan fingerprint density at radius 2 is 2.00 bits per heavy atom.